The van der Waals surface area contributed by atoms with E-state index in [0.717, 1.165) is 39.4 Å². The van der Waals surface area contributed by atoms with Crippen molar-refractivity contribution >= 4 is 28.9 Å². The van der Waals surface area contributed by atoms with Crippen LogP contribution in [0.4, 0.5) is 23.0 Å². The van der Waals surface area contributed by atoms with Crippen molar-refractivity contribution in [2.24, 2.45) is 0 Å². The minimum atomic E-state index is -0.822. The van der Waals surface area contributed by atoms with Gasteiger partial charge < -0.3 is 21.1 Å². The van der Waals surface area contributed by atoms with E-state index in [4.69, 9.17) is 0 Å². The number of carbonyl (C=O) groups is 1. The Morgan fingerprint density at radius 2 is 1.66 bits per heavy atom. The fraction of sp³-hybridized carbons (Fsp3) is 0.0800. The molecule has 0 aliphatic carbocycles. The molecule has 0 saturated carbocycles. The van der Waals surface area contributed by atoms with Crippen molar-refractivity contribution in [3.8, 4) is 11.3 Å². The van der Waals surface area contributed by atoms with Gasteiger partial charge in [0, 0.05) is 34.3 Å². The molecule has 0 saturated heterocycles. The van der Waals surface area contributed by atoms with Crippen molar-refractivity contribution in [3.63, 3.8) is 0 Å². The van der Waals surface area contributed by atoms with E-state index in [2.05, 4.69) is 25.9 Å². The number of aromatic nitrogens is 2. The molecule has 0 fully saturated rings. The number of rotatable bonds is 5. The van der Waals surface area contributed by atoms with Crippen molar-refractivity contribution in [3.05, 3.63) is 96.2 Å². The van der Waals surface area contributed by atoms with Gasteiger partial charge in [-0.2, -0.15) is 0 Å². The molecule has 3 aromatic carbocycles. The maximum absolute atomic E-state index is 12.2. The summed E-state index contributed by atoms with van der Waals surface area (Å²) in [6.07, 6.45) is 1.09. The van der Waals surface area contributed by atoms with Crippen LogP contribution < -0.4 is 16.0 Å². The highest BCUT2D eigenvalue weighted by Gasteiger charge is 2.20. The molecule has 5 rings (SSSR count). The maximum atomic E-state index is 12.2. The van der Waals surface area contributed by atoms with Gasteiger partial charge in [0.1, 0.15) is 0 Å². The molecule has 4 aromatic rings. The van der Waals surface area contributed by atoms with Crippen LogP contribution >= 0.6 is 0 Å². The largest absolute Gasteiger partial charge is 0.369 e. The van der Waals surface area contributed by atoms with Gasteiger partial charge >= 0.3 is 0 Å². The summed E-state index contributed by atoms with van der Waals surface area (Å²) in [6, 6.07) is 24.5. The third-order valence-electron chi connectivity index (χ3n) is 5.23. The molecule has 1 aromatic heterocycles. The Bertz CT molecular complexity index is 1260. The van der Waals surface area contributed by atoms with E-state index in [0.29, 0.717) is 5.95 Å². The first-order chi connectivity index (χ1) is 15.7. The molecule has 1 atom stereocenters. The fourth-order valence-corrected chi connectivity index (χ4v) is 3.65. The molecule has 158 valence electrons. The van der Waals surface area contributed by atoms with Crippen LogP contribution in [0, 0.1) is 0 Å². The number of benzene rings is 3. The second kappa shape index (κ2) is 8.49. The van der Waals surface area contributed by atoms with E-state index in [1.165, 1.54) is 0 Å². The number of hydrogen-bond acceptors (Lipinski definition) is 6. The number of carbonyl (C=O) groups excluding carboxylic acids is 1. The first kappa shape index (κ1) is 19.7. The SMILES string of the molecule is O=C1Cc2cnc(Nc3ccc(C(O)Nc4ccccc4)cc3)nc2-c2ccccc2N1. The molecule has 2 heterocycles. The lowest BCUT2D eigenvalue weighted by molar-refractivity contribution is -0.115. The predicted octanol–water partition coefficient (Wildman–Crippen LogP) is 4.48. The van der Waals surface area contributed by atoms with E-state index < -0.39 is 6.23 Å². The average Bonchev–Trinajstić information content (AvgIpc) is 2.95. The van der Waals surface area contributed by atoms with E-state index in [9.17, 15) is 9.90 Å². The Morgan fingerprint density at radius 1 is 0.906 bits per heavy atom. The predicted molar refractivity (Wildman–Crippen MR) is 125 cm³/mol. The van der Waals surface area contributed by atoms with Gasteiger partial charge in [-0.3, -0.25) is 4.79 Å². The van der Waals surface area contributed by atoms with E-state index >= 15 is 0 Å². The Hall–Kier alpha value is -4.23. The van der Waals surface area contributed by atoms with Crippen LogP contribution in [0.5, 0.6) is 0 Å². The van der Waals surface area contributed by atoms with Crippen molar-refractivity contribution in [2.45, 2.75) is 12.6 Å². The van der Waals surface area contributed by atoms with Crippen LogP contribution in [0.25, 0.3) is 11.3 Å². The minimum Gasteiger partial charge on any atom is -0.369 e. The standard InChI is InChI=1S/C25H21N5O2/c31-22-14-17-15-26-25(30-23(17)20-8-4-5-9-21(20)29-22)28-19-12-10-16(11-13-19)24(32)27-18-6-2-1-3-7-18/h1-13,15,24,27,32H,14H2,(H,29,31)(H,26,28,30). The average molecular weight is 423 g/mol. The topological polar surface area (TPSA) is 99.2 Å². The van der Waals surface area contributed by atoms with Gasteiger partial charge in [-0.25, -0.2) is 9.97 Å². The number of hydrogen-bond donors (Lipinski definition) is 4. The zero-order valence-corrected chi connectivity index (χ0v) is 17.1. The Labute approximate surface area is 185 Å². The zero-order chi connectivity index (χ0) is 21.9. The molecule has 1 aliphatic heterocycles. The Morgan fingerprint density at radius 3 is 2.47 bits per heavy atom. The first-order valence-electron chi connectivity index (χ1n) is 10.3. The summed E-state index contributed by atoms with van der Waals surface area (Å²) in [6.45, 7) is 0. The van der Waals surface area contributed by atoms with Crippen LogP contribution in [0.1, 0.15) is 17.4 Å². The van der Waals surface area contributed by atoms with Gasteiger partial charge in [0.2, 0.25) is 11.9 Å². The molecule has 0 radical (unpaired) electrons. The Kier molecular flexibility index (Phi) is 5.23. The molecule has 1 unspecified atom stereocenters. The second-order valence-corrected chi connectivity index (χ2v) is 7.50. The smallest absolute Gasteiger partial charge is 0.228 e. The molecule has 0 spiro atoms. The summed E-state index contributed by atoms with van der Waals surface area (Å²) in [5.74, 6) is 0.349. The van der Waals surface area contributed by atoms with Crippen molar-refractivity contribution in [1.82, 2.24) is 9.97 Å². The third kappa shape index (κ3) is 4.14. The summed E-state index contributed by atoms with van der Waals surface area (Å²) in [5, 5.41) is 19.6. The number of para-hydroxylation sites is 2. The lowest BCUT2D eigenvalue weighted by atomic mass is 10.1. The van der Waals surface area contributed by atoms with Crippen molar-refractivity contribution in [1.29, 1.82) is 0 Å². The van der Waals surface area contributed by atoms with Crippen molar-refractivity contribution < 1.29 is 9.90 Å². The van der Waals surface area contributed by atoms with Crippen LogP contribution in [-0.2, 0) is 11.2 Å². The van der Waals surface area contributed by atoms with Crippen LogP contribution in [-0.4, -0.2) is 21.0 Å². The molecule has 7 nitrogen and oxygen atoms in total. The lowest BCUT2D eigenvalue weighted by Crippen LogP contribution is -2.12. The molecule has 1 amide bonds. The van der Waals surface area contributed by atoms with Gasteiger partial charge in [-0.1, -0.05) is 48.5 Å². The minimum absolute atomic E-state index is 0.0845. The quantitative estimate of drug-likeness (QED) is 0.353. The molecule has 7 heteroatoms. The van der Waals surface area contributed by atoms with E-state index in [1.807, 2.05) is 78.9 Å². The van der Waals surface area contributed by atoms with Gasteiger partial charge in [0.25, 0.3) is 0 Å². The van der Waals surface area contributed by atoms with Gasteiger partial charge in [-0.15, -0.1) is 0 Å². The lowest BCUT2D eigenvalue weighted by Gasteiger charge is -2.15. The normalized spacial score (nSPS) is 13.2. The van der Waals surface area contributed by atoms with E-state index in [1.54, 1.807) is 6.20 Å². The van der Waals surface area contributed by atoms with Crippen molar-refractivity contribution in [2.75, 3.05) is 16.0 Å². The summed E-state index contributed by atoms with van der Waals surface area (Å²) in [7, 11) is 0. The van der Waals surface area contributed by atoms with E-state index in [-0.39, 0.29) is 12.3 Å². The molecule has 1 aliphatic rings. The number of nitrogens with zero attached hydrogens (tertiary/aromatic N) is 2. The van der Waals surface area contributed by atoms with Crippen LogP contribution in [0.3, 0.4) is 0 Å². The van der Waals surface area contributed by atoms with Gasteiger partial charge in [0.15, 0.2) is 6.23 Å². The summed E-state index contributed by atoms with van der Waals surface area (Å²) < 4.78 is 0. The third-order valence-corrected chi connectivity index (χ3v) is 5.23. The van der Waals surface area contributed by atoms with Crippen LogP contribution in [0.15, 0.2) is 85.1 Å². The fourth-order valence-electron chi connectivity index (χ4n) is 3.65. The number of nitrogens with one attached hydrogen (secondary N) is 3. The number of anilines is 4. The summed E-state index contributed by atoms with van der Waals surface area (Å²) in [4.78, 5) is 21.2. The second-order valence-electron chi connectivity index (χ2n) is 7.50. The van der Waals surface area contributed by atoms with Gasteiger partial charge in [0.05, 0.1) is 17.8 Å². The van der Waals surface area contributed by atoms with Gasteiger partial charge in [-0.05, 0) is 30.3 Å². The molecule has 0 bridgehead atoms. The van der Waals surface area contributed by atoms with Crippen LogP contribution in [0.2, 0.25) is 0 Å². The monoisotopic (exact) mass is 423 g/mol. The number of fused-ring (bicyclic) bond motifs is 3. The molecular formula is C25H21N5O2. The molecule has 32 heavy (non-hydrogen) atoms. The highest BCUT2D eigenvalue weighted by Crippen LogP contribution is 2.33. The summed E-state index contributed by atoms with van der Waals surface area (Å²) in [5.41, 5.74) is 5.49. The Balaban J connectivity index is 1.35. The molecule has 4 N–H and O–H groups in total. The zero-order valence-electron chi connectivity index (χ0n) is 17.1. The number of aliphatic hydroxyl groups excluding tert-OH is 1. The number of aliphatic hydroxyl groups is 1. The highest BCUT2D eigenvalue weighted by molar-refractivity contribution is 5.99. The maximum Gasteiger partial charge on any atom is 0.228 e. The summed E-state index contributed by atoms with van der Waals surface area (Å²) >= 11 is 0. The highest BCUT2D eigenvalue weighted by atomic mass is 16.3. The number of amides is 1. The molecular weight excluding hydrogens is 402 g/mol. The first-order valence-corrected chi connectivity index (χ1v) is 10.3.